The van der Waals surface area contributed by atoms with Crippen LogP contribution < -0.4 is 15.4 Å². The number of carbonyl (C=O) groups excluding carboxylic acids is 1. The number of carboxylic acids is 1. The molecule has 116 valence electrons. The van der Waals surface area contributed by atoms with Gasteiger partial charge in [-0.3, -0.25) is 0 Å². The molecule has 1 rings (SSSR count). The van der Waals surface area contributed by atoms with Crippen LogP contribution in [0.25, 0.3) is 0 Å². The van der Waals surface area contributed by atoms with Crippen molar-refractivity contribution in [2.75, 3.05) is 12.4 Å². The minimum atomic E-state index is -1.06. The number of carboxylic acid groups (broad SMARTS) is 1. The Balaban J connectivity index is 2.71. The van der Waals surface area contributed by atoms with Crippen molar-refractivity contribution in [1.82, 2.24) is 5.32 Å². The summed E-state index contributed by atoms with van der Waals surface area (Å²) in [6, 6.07) is 3.24. The van der Waals surface area contributed by atoms with Crippen molar-refractivity contribution in [2.24, 2.45) is 0 Å². The van der Waals surface area contributed by atoms with Crippen LogP contribution in [0, 0.1) is 0 Å². The van der Waals surface area contributed by atoms with E-state index < -0.39 is 18.0 Å². The SMILES string of the molecule is CCCCC(NC(=O)Nc1cc(Cl)ccc1OC)C(=O)O. The Labute approximate surface area is 128 Å². The first-order valence-corrected chi connectivity index (χ1v) is 6.99. The number of ether oxygens (including phenoxy) is 1. The molecule has 6 nitrogen and oxygen atoms in total. The van der Waals surface area contributed by atoms with Gasteiger partial charge in [-0.1, -0.05) is 31.4 Å². The fourth-order valence-corrected chi connectivity index (χ4v) is 1.93. The van der Waals surface area contributed by atoms with E-state index >= 15 is 0 Å². The van der Waals surface area contributed by atoms with Crippen molar-refractivity contribution in [3.05, 3.63) is 23.2 Å². The maximum atomic E-state index is 11.9. The number of hydrogen-bond donors (Lipinski definition) is 3. The van der Waals surface area contributed by atoms with Gasteiger partial charge in [0.25, 0.3) is 0 Å². The molecule has 0 aliphatic rings. The van der Waals surface area contributed by atoms with Crippen molar-refractivity contribution in [3.8, 4) is 5.75 Å². The molecule has 1 aromatic rings. The van der Waals surface area contributed by atoms with Crippen LogP contribution in [0.1, 0.15) is 26.2 Å². The second kappa shape index (κ2) is 8.36. The van der Waals surface area contributed by atoms with Crippen LogP contribution in [0.3, 0.4) is 0 Å². The molecule has 0 saturated heterocycles. The molecule has 21 heavy (non-hydrogen) atoms. The minimum Gasteiger partial charge on any atom is -0.495 e. The molecule has 0 saturated carbocycles. The van der Waals surface area contributed by atoms with Crippen LogP contribution in [0.15, 0.2) is 18.2 Å². The predicted octanol–water partition coefficient (Wildman–Crippen LogP) is 3.11. The third-order valence-electron chi connectivity index (χ3n) is 2.86. The number of aliphatic carboxylic acids is 1. The highest BCUT2D eigenvalue weighted by Crippen LogP contribution is 2.27. The number of benzene rings is 1. The normalized spacial score (nSPS) is 11.6. The zero-order chi connectivity index (χ0) is 15.8. The standard InChI is InChI=1S/C14H19ClN2O4/c1-3-4-5-10(13(18)19)16-14(20)17-11-8-9(15)6-7-12(11)21-2/h6-8,10H,3-5H2,1-2H3,(H,18,19)(H2,16,17,20). The molecular formula is C14H19ClN2O4. The third-order valence-corrected chi connectivity index (χ3v) is 3.09. The number of unbranched alkanes of at least 4 members (excludes halogenated alkanes) is 1. The molecular weight excluding hydrogens is 296 g/mol. The van der Waals surface area contributed by atoms with E-state index in [9.17, 15) is 9.59 Å². The molecule has 1 atom stereocenters. The van der Waals surface area contributed by atoms with Crippen molar-refractivity contribution < 1.29 is 19.4 Å². The van der Waals surface area contributed by atoms with Crippen LogP contribution in [0.2, 0.25) is 5.02 Å². The molecule has 0 aliphatic carbocycles. The summed E-state index contributed by atoms with van der Waals surface area (Å²) in [5.41, 5.74) is 0.377. The smallest absolute Gasteiger partial charge is 0.326 e. The Morgan fingerprint density at radius 2 is 2.14 bits per heavy atom. The number of anilines is 1. The van der Waals surface area contributed by atoms with Crippen molar-refractivity contribution >= 4 is 29.3 Å². The molecule has 1 aromatic carbocycles. The second-order valence-electron chi connectivity index (χ2n) is 4.48. The Hall–Kier alpha value is -1.95. The van der Waals surface area contributed by atoms with Gasteiger partial charge in [0.05, 0.1) is 12.8 Å². The summed E-state index contributed by atoms with van der Waals surface area (Å²) < 4.78 is 5.10. The highest BCUT2D eigenvalue weighted by Gasteiger charge is 2.19. The Morgan fingerprint density at radius 3 is 2.71 bits per heavy atom. The fraction of sp³-hybridized carbons (Fsp3) is 0.429. The molecule has 0 bridgehead atoms. The van der Waals surface area contributed by atoms with Gasteiger partial charge >= 0.3 is 12.0 Å². The van der Waals surface area contributed by atoms with E-state index in [1.165, 1.54) is 13.2 Å². The average Bonchev–Trinajstić information content (AvgIpc) is 2.43. The van der Waals surface area contributed by atoms with Gasteiger partial charge in [-0.05, 0) is 24.6 Å². The first-order valence-electron chi connectivity index (χ1n) is 6.61. The van der Waals surface area contributed by atoms with E-state index in [0.717, 1.165) is 12.8 Å². The molecule has 3 N–H and O–H groups in total. The summed E-state index contributed by atoms with van der Waals surface area (Å²) in [7, 11) is 1.47. The summed E-state index contributed by atoms with van der Waals surface area (Å²) in [5.74, 6) is -0.619. The van der Waals surface area contributed by atoms with E-state index in [1.54, 1.807) is 12.1 Å². The van der Waals surface area contributed by atoms with Gasteiger partial charge in [-0.15, -0.1) is 0 Å². The topological polar surface area (TPSA) is 87.7 Å². The quantitative estimate of drug-likeness (QED) is 0.721. The summed E-state index contributed by atoms with van der Waals surface area (Å²) in [6.45, 7) is 1.95. The maximum Gasteiger partial charge on any atom is 0.326 e. The van der Waals surface area contributed by atoms with E-state index in [0.29, 0.717) is 22.9 Å². The van der Waals surface area contributed by atoms with E-state index in [4.69, 9.17) is 21.4 Å². The molecule has 7 heteroatoms. The first-order chi connectivity index (χ1) is 9.97. The molecule has 0 aromatic heterocycles. The summed E-state index contributed by atoms with van der Waals surface area (Å²) in [6.07, 6.45) is 1.96. The van der Waals surface area contributed by atoms with Crippen LogP contribution >= 0.6 is 11.6 Å². The Bertz CT molecular complexity index is 508. The van der Waals surface area contributed by atoms with Gasteiger partial charge in [0.2, 0.25) is 0 Å². The number of nitrogens with one attached hydrogen (secondary N) is 2. The zero-order valence-corrected chi connectivity index (χ0v) is 12.7. The van der Waals surface area contributed by atoms with Gasteiger partial charge in [0, 0.05) is 5.02 Å². The number of urea groups is 1. The molecule has 0 heterocycles. The van der Waals surface area contributed by atoms with Gasteiger partial charge in [-0.2, -0.15) is 0 Å². The molecule has 0 fully saturated rings. The van der Waals surface area contributed by atoms with Crippen LogP contribution in [0.5, 0.6) is 5.75 Å². The average molecular weight is 315 g/mol. The highest BCUT2D eigenvalue weighted by atomic mass is 35.5. The van der Waals surface area contributed by atoms with Crippen LogP contribution in [-0.4, -0.2) is 30.3 Å². The Morgan fingerprint density at radius 1 is 1.43 bits per heavy atom. The lowest BCUT2D eigenvalue weighted by Gasteiger charge is -2.16. The molecule has 1 unspecified atom stereocenters. The monoisotopic (exact) mass is 314 g/mol. The number of methoxy groups -OCH3 is 1. The Kier molecular flexibility index (Phi) is 6.81. The van der Waals surface area contributed by atoms with Crippen molar-refractivity contribution in [1.29, 1.82) is 0 Å². The number of halogens is 1. The van der Waals surface area contributed by atoms with Gasteiger partial charge in [-0.25, -0.2) is 9.59 Å². The van der Waals surface area contributed by atoms with Gasteiger partial charge < -0.3 is 20.5 Å². The summed E-state index contributed by atoms with van der Waals surface area (Å²) in [5, 5.41) is 14.5. The predicted molar refractivity (Wildman–Crippen MR) is 81.1 cm³/mol. The lowest BCUT2D eigenvalue weighted by molar-refractivity contribution is -0.139. The zero-order valence-electron chi connectivity index (χ0n) is 12.0. The molecule has 2 amide bonds. The number of hydrogen-bond acceptors (Lipinski definition) is 3. The largest absolute Gasteiger partial charge is 0.495 e. The van der Waals surface area contributed by atoms with Crippen molar-refractivity contribution in [3.63, 3.8) is 0 Å². The van der Waals surface area contributed by atoms with E-state index in [2.05, 4.69) is 10.6 Å². The van der Waals surface area contributed by atoms with Crippen LogP contribution in [-0.2, 0) is 4.79 Å². The van der Waals surface area contributed by atoms with E-state index in [-0.39, 0.29) is 0 Å². The summed E-state index contributed by atoms with van der Waals surface area (Å²) in [4.78, 5) is 23.0. The van der Waals surface area contributed by atoms with Crippen molar-refractivity contribution in [2.45, 2.75) is 32.2 Å². The second-order valence-corrected chi connectivity index (χ2v) is 4.91. The number of carbonyl (C=O) groups is 2. The molecule has 0 aliphatic heterocycles. The first kappa shape index (κ1) is 17.1. The van der Waals surface area contributed by atoms with Gasteiger partial charge in [0.15, 0.2) is 0 Å². The summed E-state index contributed by atoms with van der Waals surface area (Å²) >= 11 is 5.86. The highest BCUT2D eigenvalue weighted by molar-refractivity contribution is 6.31. The lowest BCUT2D eigenvalue weighted by atomic mass is 10.1. The van der Waals surface area contributed by atoms with Crippen LogP contribution in [0.4, 0.5) is 10.5 Å². The van der Waals surface area contributed by atoms with E-state index in [1.807, 2.05) is 6.92 Å². The lowest BCUT2D eigenvalue weighted by Crippen LogP contribution is -2.43. The maximum absolute atomic E-state index is 11.9. The number of amides is 2. The molecule has 0 radical (unpaired) electrons. The van der Waals surface area contributed by atoms with Gasteiger partial charge in [0.1, 0.15) is 11.8 Å². The molecule has 0 spiro atoms. The fourth-order valence-electron chi connectivity index (χ4n) is 1.76. The number of rotatable bonds is 7. The minimum absolute atomic E-state index is 0.377. The third kappa shape index (κ3) is 5.51.